The van der Waals surface area contributed by atoms with Gasteiger partial charge in [-0.05, 0) is 44.4 Å². The molecule has 0 bridgehead atoms. The smallest absolute Gasteiger partial charge is 0.224 e. The van der Waals surface area contributed by atoms with Crippen molar-refractivity contribution in [3.05, 3.63) is 0 Å². The van der Waals surface area contributed by atoms with Gasteiger partial charge in [-0.3, -0.25) is 4.79 Å². The van der Waals surface area contributed by atoms with Crippen LogP contribution in [0.3, 0.4) is 0 Å². The first-order valence-corrected chi connectivity index (χ1v) is 7.56. The molecule has 0 aliphatic heterocycles. The third-order valence-corrected chi connectivity index (χ3v) is 4.95. The summed E-state index contributed by atoms with van der Waals surface area (Å²) in [6.45, 7) is 5.13. The van der Waals surface area contributed by atoms with E-state index in [2.05, 4.69) is 12.2 Å². The molecule has 2 fully saturated rings. The van der Waals surface area contributed by atoms with Crippen LogP contribution in [0, 0.1) is 11.3 Å². The molecule has 0 aromatic carbocycles. The average Bonchev–Trinajstić information content (AvgIpc) is 3.06. The molecule has 2 aliphatic carbocycles. The number of rotatable bonds is 5. The van der Waals surface area contributed by atoms with Crippen LogP contribution in [-0.2, 0) is 4.79 Å². The van der Waals surface area contributed by atoms with E-state index in [0.717, 1.165) is 32.2 Å². The highest BCUT2D eigenvalue weighted by Gasteiger charge is 2.43. The summed E-state index contributed by atoms with van der Waals surface area (Å²) in [5, 5.41) is 3.18. The van der Waals surface area contributed by atoms with E-state index in [-0.39, 0.29) is 29.8 Å². The lowest BCUT2D eigenvalue weighted by Crippen LogP contribution is -2.53. The van der Waals surface area contributed by atoms with E-state index in [1.54, 1.807) is 0 Å². The van der Waals surface area contributed by atoms with E-state index in [9.17, 15) is 4.79 Å². The first kappa shape index (κ1) is 16.8. The zero-order chi connectivity index (χ0) is 13.2. The van der Waals surface area contributed by atoms with E-state index in [1.165, 1.54) is 25.7 Å². The SMILES string of the molecule is CCCC1(CNC(=O)C2CCCCC2(C)N)CC1.Cl. The van der Waals surface area contributed by atoms with Gasteiger partial charge in [0, 0.05) is 12.1 Å². The highest BCUT2D eigenvalue weighted by atomic mass is 35.5. The van der Waals surface area contributed by atoms with Crippen molar-refractivity contribution in [2.45, 2.75) is 70.8 Å². The summed E-state index contributed by atoms with van der Waals surface area (Å²) < 4.78 is 0. The summed E-state index contributed by atoms with van der Waals surface area (Å²) in [6.07, 6.45) is 9.27. The summed E-state index contributed by atoms with van der Waals surface area (Å²) in [7, 11) is 0. The number of carbonyl (C=O) groups excluding carboxylic acids is 1. The van der Waals surface area contributed by atoms with Gasteiger partial charge in [0.05, 0.1) is 5.92 Å². The third-order valence-electron chi connectivity index (χ3n) is 4.95. The van der Waals surface area contributed by atoms with Crippen molar-refractivity contribution in [1.29, 1.82) is 0 Å². The molecule has 0 aromatic heterocycles. The van der Waals surface area contributed by atoms with Gasteiger partial charge in [0.25, 0.3) is 0 Å². The normalized spacial score (nSPS) is 32.3. The first-order chi connectivity index (χ1) is 8.49. The summed E-state index contributed by atoms with van der Waals surface area (Å²) in [6, 6.07) is 0. The predicted molar refractivity (Wildman–Crippen MR) is 81.4 cm³/mol. The molecule has 19 heavy (non-hydrogen) atoms. The van der Waals surface area contributed by atoms with Gasteiger partial charge in [-0.2, -0.15) is 0 Å². The lowest BCUT2D eigenvalue weighted by Gasteiger charge is -2.37. The molecule has 3 nitrogen and oxygen atoms in total. The second-order valence-corrected chi connectivity index (χ2v) is 6.77. The Balaban J connectivity index is 0.00000180. The molecule has 0 radical (unpaired) electrons. The van der Waals surface area contributed by atoms with E-state index in [1.807, 2.05) is 6.92 Å². The fourth-order valence-corrected chi connectivity index (χ4v) is 3.41. The van der Waals surface area contributed by atoms with Crippen LogP contribution in [0.5, 0.6) is 0 Å². The average molecular weight is 289 g/mol. The molecule has 2 aliphatic rings. The van der Waals surface area contributed by atoms with Crippen LogP contribution in [-0.4, -0.2) is 18.0 Å². The second kappa shape index (κ2) is 6.45. The van der Waals surface area contributed by atoms with Crippen molar-refractivity contribution >= 4 is 18.3 Å². The van der Waals surface area contributed by atoms with Crippen LogP contribution in [0.15, 0.2) is 0 Å². The predicted octanol–water partition coefficient (Wildman–Crippen LogP) is 3.01. The Labute approximate surface area is 123 Å². The van der Waals surface area contributed by atoms with E-state index < -0.39 is 0 Å². The lowest BCUT2D eigenvalue weighted by atomic mass is 9.74. The van der Waals surface area contributed by atoms with E-state index in [4.69, 9.17) is 5.73 Å². The minimum Gasteiger partial charge on any atom is -0.355 e. The second-order valence-electron chi connectivity index (χ2n) is 6.77. The minimum absolute atomic E-state index is 0. The van der Waals surface area contributed by atoms with Crippen molar-refractivity contribution in [3.8, 4) is 0 Å². The van der Waals surface area contributed by atoms with Crippen LogP contribution in [0.25, 0.3) is 0 Å². The summed E-state index contributed by atoms with van der Waals surface area (Å²) in [4.78, 5) is 12.3. The number of nitrogens with two attached hydrogens (primary N) is 1. The fraction of sp³-hybridized carbons (Fsp3) is 0.933. The molecule has 2 atom stereocenters. The van der Waals surface area contributed by atoms with Gasteiger partial charge in [0.1, 0.15) is 0 Å². The Kier molecular flexibility index (Phi) is 5.69. The summed E-state index contributed by atoms with van der Waals surface area (Å²) in [5.74, 6) is 0.214. The molecule has 2 rings (SSSR count). The first-order valence-electron chi connectivity index (χ1n) is 7.56. The minimum atomic E-state index is -0.302. The number of nitrogens with one attached hydrogen (secondary N) is 1. The zero-order valence-corrected chi connectivity index (χ0v) is 13.2. The third kappa shape index (κ3) is 4.09. The topological polar surface area (TPSA) is 55.1 Å². The molecule has 1 amide bonds. The quantitative estimate of drug-likeness (QED) is 0.817. The maximum atomic E-state index is 12.3. The Morgan fingerprint density at radius 3 is 2.53 bits per heavy atom. The highest BCUT2D eigenvalue weighted by Crippen LogP contribution is 2.49. The van der Waals surface area contributed by atoms with Gasteiger partial charge >= 0.3 is 0 Å². The van der Waals surface area contributed by atoms with Crippen molar-refractivity contribution in [2.75, 3.05) is 6.54 Å². The molecule has 2 saturated carbocycles. The largest absolute Gasteiger partial charge is 0.355 e. The molecule has 4 heteroatoms. The Hall–Kier alpha value is -0.280. The van der Waals surface area contributed by atoms with E-state index >= 15 is 0 Å². The number of hydrogen-bond donors (Lipinski definition) is 2. The number of amides is 1. The molecule has 3 N–H and O–H groups in total. The zero-order valence-electron chi connectivity index (χ0n) is 12.3. The van der Waals surface area contributed by atoms with Crippen LogP contribution in [0.2, 0.25) is 0 Å². The van der Waals surface area contributed by atoms with Crippen LogP contribution in [0.1, 0.15) is 65.2 Å². The Bertz CT molecular complexity index is 313. The molecular formula is C15H29ClN2O. The van der Waals surface area contributed by atoms with Gasteiger partial charge < -0.3 is 11.1 Å². The lowest BCUT2D eigenvalue weighted by molar-refractivity contribution is -0.128. The molecule has 0 aromatic rings. The van der Waals surface area contributed by atoms with Crippen molar-refractivity contribution in [2.24, 2.45) is 17.1 Å². The Morgan fingerprint density at radius 2 is 2.00 bits per heavy atom. The molecule has 0 spiro atoms. The van der Waals surface area contributed by atoms with Crippen LogP contribution in [0.4, 0.5) is 0 Å². The van der Waals surface area contributed by atoms with Gasteiger partial charge in [0.15, 0.2) is 0 Å². The molecule has 0 heterocycles. The highest BCUT2D eigenvalue weighted by molar-refractivity contribution is 5.85. The monoisotopic (exact) mass is 288 g/mol. The van der Waals surface area contributed by atoms with Crippen LogP contribution < -0.4 is 11.1 Å². The molecular weight excluding hydrogens is 260 g/mol. The van der Waals surface area contributed by atoms with Gasteiger partial charge in [0.2, 0.25) is 5.91 Å². The van der Waals surface area contributed by atoms with Crippen molar-refractivity contribution in [1.82, 2.24) is 5.32 Å². The van der Waals surface area contributed by atoms with Crippen molar-refractivity contribution in [3.63, 3.8) is 0 Å². The summed E-state index contributed by atoms with van der Waals surface area (Å²) >= 11 is 0. The maximum absolute atomic E-state index is 12.3. The summed E-state index contributed by atoms with van der Waals surface area (Å²) in [5.41, 5.74) is 6.41. The van der Waals surface area contributed by atoms with Crippen molar-refractivity contribution < 1.29 is 4.79 Å². The Morgan fingerprint density at radius 1 is 1.32 bits per heavy atom. The standard InChI is InChI=1S/C15H28N2O.ClH/c1-3-7-15(9-10-15)11-17-13(18)12-6-4-5-8-14(12,2)16;/h12H,3-11,16H2,1-2H3,(H,17,18);1H. The van der Waals surface area contributed by atoms with Gasteiger partial charge in [-0.15, -0.1) is 12.4 Å². The molecule has 0 saturated heterocycles. The van der Waals surface area contributed by atoms with Crippen LogP contribution >= 0.6 is 12.4 Å². The number of halogens is 1. The molecule has 112 valence electrons. The van der Waals surface area contributed by atoms with E-state index in [0.29, 0.717) is 5.41 Å². The fourth-order valence-electron chi connectivity index (χ4n) is 3.41. The maximum Gasteiger partial charge on any atom is 0.224 e. The number of hydrogen-bond acceptors (Lipinski definition) is 2. The number of carbonyl (C=O) groups is 1. The van der Waals surface area contributed by atoms with Gasteiger partial charge in [-0.1, -0.05) is 26.2 Å². The van der Waals surface area contributed by atoms with Gasteiger partial charge in [-0.25, -0.2) is 0 Å². The molecule has 2 unspecified atom stereocenters.